The van der Waals surface area contributed by atoms with E-state index in [2.05, 4.69) is 58.4 Å². The first-order chi connectivity index (χ1) is 13.2. The Balaban J connectivity index is 1.74. The predicted octanol–water partition coefficient (Wildman–Crippen LogP) is 4.68. The number of benzene rings is 2. The Labute approximate surface area is 160 Å². The molecule has 0 saturated heterocycles. The van der Waals surface area contributed by atoms with Gasteiger partial charge >= 0.3 is 0 Å². The standard InChI is InChI=1S/C22H25N5/c1-14(9-10-23)27-19-8-7-16(13-18(19)21(24)15-5-6-15)17-3-2-4-20-22(17)26-12-11-25-20/h2-4,7-8,13-15,24-27H,5-6,9,11-12H2,1H3/t14-/m0/s1. The number of rotatable bonds is 6. The summed E-state index contributed by atoms with van der Waals surface area (Å²) in [6.45, 7) is 3.83. The lowest BCUT2D eigenvalue weighted by Crippen LogP contribution is -2.21. The van der Waals surface area contributed by atoms with E-state index in [-0.39, 0.29) is 6.04 Å². The zero-order chi connectivity index (χ0) is 18.8. The van der Waals surface area contributed by atoms with Crippen molar-refractivity contribution >= 4 is 22.8 Å². The van der Waals surface area contributed by atoms with E-state index in [9.17, 15) is 0 Å². The lowest BCUT2D eigenvalue weighted by Gasteiger charge is -2.24. The van der Waals surface area contributed by atoms with E-state index in [1.165, 1.54) is 0 Å². The molecule has 1 atom stereocenters. The van der Waals surface area contributed by atoms with Gasteiger partial charge in [0.25, 0.3) is 0 Å². The van der Waals surface area contributed by atoms with Crippen molar-refractivity contribution in [3.63, 3.8) is 0 Å². The van der Waals surface area contributed by atoms with Crippen LogP contribution in [0, 0.1) is 22.7 Å². The number of nitrogens with one attached hydrogen (secondary N) is 4. The molecule has 5 nitrogen and oxygen atoms in total. The van der Waals surface area contributed by atoms with Crippen LogP contribution in [0.25, 0.3) is 11.1 Å². The SMILES string of the molecule is C[C@@H](CC#N)Nc1ccc(-c2cccc3c2NCCN3)cc1C(=N)C1CC1. The van der Waals surface area contributed by atoms with Gasteiger partial charge in [-0.15, -0.1) is 0 Å². The quantitative estimate of drug-likeness (QED) is 0.564. The molecular formula is C22H25N5. The average molecular weight is 359 g/mol. The van der Waals surface area contributed by atoms with Crippen LogP contribution in [0.2, 0.25) is 0 Å². The van der Waals surface area contributed by atoms with Gasteiger partial charge in [-0.1, -0.05) is 18.2 Å². The van der Waals surface area contributed by atoms with Crippen molar-refractivity contribution in [1.82, 2.24) is 0 Å². The number of hydrogen-bond acceptors (Lipinski definition) is 5. The molecule has 4 rings (SSSR count). The molecule has 0 spiro atoms. The van der Waals surface area contributed by atoms with E-state index in [1.807, 2.05) is 6.92 Å². The third-order valence-corrected chi connectivity index (χ3v) is 5.21. The molecule has 1 fully saturated rings. The van der Waals surface area contributed by atoms with Gasteiger partial charge in [0.15, 0.2) is 0 Å². The summed E-state index contributed by atoms with van der Waals surface area (Å²) in [6, 6.07) is 14.9. The second-order valence-electron chi connectivity index (χ2n) is 7.44. The van der Waals surface area contributed by atoms with Crippen LogP contribution >= 0.6 is 0 Å². The molecule has 4 N–H and O–H groups in total. The Morgan fingerprint density at radius 1 is 1.26 bits per heavy atom. The molecule has 0 radical (unpaired) electrons. The van der Waals surface area contributed by atoms with E-state index in [1.54, 1.807) is 0 Å². The van der Waals surface area contributed by atoms with E-state index in [0.717, 1.165) is 59.7 Å². The minimum Gasteiger partial charge on any atom is -0.382 e. The molecule has 2 aliphatic rings. The maximum Gasteiger partial charge on any atom is 0.0656 e. The summed E-state index contributed by atoms with van der Waals surface area (Å²) in [7, 11) is 0. The molecule has 2 aromatic carbocycles. The highest BCUT2D eigenvalue weighted by Gasteiger charge is 2.29. The van der Waals surface area contributed by atoms with Gasteiger partial charge in [-0.2, -0.15) is 5.26 Å². The highest BCUT2D eigenvalue weighted by Crippen LogP contribution is 2.39. The van der Waals surface area contributed by atoms with Crippen molar-refractivity contribution in [3.8, 4) is 17.2 Å². The summed E-state index contributed by atoms with van der Waals surface area (Å²) >= 11 is 0. The normalized spacial score (nSPS) is 16.3. The van der Waals surface area contributed by atoms with E-state index in [4.69, 9.17) is 10.7 Å². The summed E-state index contributed by atoms with van der Waals surface area (Å²) in [5.74, 6) is 0.372. The van der Waals surface area contributed by atoms with Crippen molar-refractivity contribution in [2.75, 3.05) is 29.0 Å². The topological polar surface area (TPSA) is 83.7 Å². The third-order valence-electron chi connectivity index (χ3n) is 5.21. The van der Waals surface area contributed by atoms with E-state index in [0.29, 0.717) is 18.1 Å². The van der Waals surface area contributed by atoms with Crippen molar-refractivity contribution in [2.45, 2.75) is 32.2 Å². The average Bonchev–Trinajstić information content (AvgIpc) is 3.53. The van der Waals surface area contributed by atoms with Crippen LogP contribution in [-0.4, -0.2) is 24.8 Å². The van der Waals surface area contributed by atoms with Crippen LogP contribution in [0.3, 0.4) is 0 Å². The van der Waals surface area contributed by atoms with E-state index < -0.39 is 0 Å². The number of nitrogens with zero attached hydrogens (tertiary/aromatic N) is 1. The molecule has 0 bridgehead atoms. The number of para-hydroxylation sites is 1. The van der Waals surface area contributed by atoms with Gasteiger partial charge in [0.05, 0.1) is 23.9 Å². The number of hydrogen-bond donors (Lipinski definition) is 4. The maximum atomic E-state index is 8.95. The van der Waals surface area contributed by atoms with Crippen LogP contribution in [0.1, 0.15) is 31.7 Å². The molecule has 138 valence electrons. The fraction of sp³-hybridized carbons (Fsp3) is 0.364. The van der Waals surface area contributed by atoms with Gasteiger partial charge in [-0.05, 0) is 43.5 Å². The number of nitriles is 1. The summed E-state index contributed by atoms with van der Waals surface area (Å²) in [5.41, 5.74) is 7.14. The van der Waals surface area contributed by atoms with Crippen LogP contribution in [0.15, 0.2) is 36.4 Å². The predicted molar refractivity (Wildman–Crippen MR) is 112 cm³/mol. The first-order valence-corrected chi connectivity index (χ1v) is 9.65. The first-order valence-electron chi connectivity index (χ1n) is 9.65. The Morgan fingerprint density at radius 2 is 2.07 bits per heavy atom. The van der Waals surface area contributed by atoms with Gasteiger partial charge in [0, 0.05) is 47.6 Å². The lowest BCUT2D eigenvalue weighted by atomic mass is 9.95. The molecule has 27 heavy (non-hydrogen) atoms. The smallest absolute Gasteiger partial charge is 0.0656 e. The molecule has 1 heterocycles. The number of anilines is 3. The molecule has 0 amide bonds. The van der Waals surface area contributed by atoms with Gasteiger partial charge in [0.2, 0.25) is 0 Å². The van der Waals surface area contributed by atoms with Crippen LogP contribution in [0.5, 0.6) is 0 Å². The summed E-state index contributed by atoms with van der Waals surface area (Å²) in [5, 5.41) is 28.0. The van der Waals surface area contributed by atoms with Crippen LogP contribution in [0.4, 0.5) is 17.1 Å². The molecule has 2 aromatic rings. The highest BCUT2D eigenvalue weighted by molar-refractivity contribution is 6.07. The fourth-order valence-corrected chi connectivity index (χ4v) is 3.62. The minimum atomic E-state index is 0.0574. The number of fused-ring (bicyclic) bond motifs is 1. The monoisotopic (exact) mass is 359 g/mol. The molecule has 0 unspecified atom stereocenters. The largest absolute Gasteiger partial charge is 0.382 e. The van der Waals surface area contributed by atoms with Gasteiger partial charge in [-0.3, -0.25) is 0 Å². The second-order valence-corrected chi connectivity index (χ2v) is 7.44. The fourth-order valence-electron chi connectivity index (χ4n) is 3.62. The van der Waals surface area contributed by atoms with Crippen molar-refractivity contribution in [3.05, 3.63) is 42.0 Å². The Morgan fingerprint density at radius 3 is 2.85 bits per heavy atom. The lowest BCUT2D eigenvalue weighted by molar-refractivity contribution is 0.820. The van der Waals surface area contributed by atoms with Gasteiger partial charge < -0.3 is 21.4 Å². The molecule has 1 aliphatic carbocycles. The Bertz CT molecular complexity index is 907. The molecular weight excluding hydrogens is 334 g/mol. The zero-order valence-corrected chi connectivity index (χ0v) is 15.6. The first kappa shape index (κ1) is 17.4. The Kier molecular flexibility index (Phi) is 4.72. The summed E-state index contributed by atoms with van der Waals surface area (Å²) in [6.07, 6.45) is 2.64. The zero-order valence-electron chi connectivity index (χ0n) is 15.6. The molecule has 1 aliphatic heterocycles. The van der Waals surface area contributed by atoms with Gasteiger partial charge in [0.1, 0.15) is 0 Å². The van der Waals surface area contributed by atoms with Crippen molar-refractivity contribution in [2.24, 2.45) is 5.92 Å². The van der Waals surface area contributed by atoms with Crippen LogP contribution < -0.4 is 16.0 Å². The van der Waals surface area contributed by atoms with Crippen molar-refractivity contribution in [1.29, 1.82) is 10.7 Å². The Hall–Kier alpha value is -3.00. The van der Waals surface area contributed by atoms with Crippen molar-refractivity contribution < 1.29 is 0 Å². The highest BCUT2D eigenvalue weighted by atomic mass is 15.0. The molecule has 0 aromatic heterocycles. The molecule has 5 heteroatoms. The minimum absolute atomic E-state index is 0.0574. The summed E-state index contributed by atoms with van der Waals surface area (Å²) < 4.78 is 0. The van der Waals surface area contributed by atoms with Gasteiger partial charge in [-0.25, -0.2) is 0 Å². The third kappa shape index (κ3) is 3.61. The summed E-state index contributed by atoms with van der Waals surface area (Å²) in [4.78, 5) is 0. The maximum absolute atomic E-state index is 8.95. The van der Waals surface area contributed by atoms with E-state index >= 15 is 0 Å². The molecule has 1 saturated carbocycles. The second kappa shape index (κ2) is 7.32. The van der Waals surface area contributed by atoms with Crippen LogP contribution in [-0.2, 0) is 0 Å².